The van der Waals surface area contributed by atoms with Gasteiger partial charge in [0.2, 0.25) is 0 Å². The minimum atomic E-state index is -0.458. The molecule has 0 unspecified atom stereocenters. The molecule has 0 atom stereocenters. The van der Waals surface area contributed by atoms with Gasteiger partial charge in [0.1, 0.15) is 141 Å². The maximum atomic E-state index is 14.3. The van der Waals surface area contributed by atoms with Crippen LogP contribution in [0.4, 0.5) is 30.6 Å². The van der Waals surface area contributed by atoms with Crippen molar-refractivity contribution < 1.29 is 51.1 Å². The van der Waals surface area contributed by atoms with Gasteiger partial charge in [0.05, 0.1) is 34.1 Å². The van der Waals surface area contributed by atoms with Crippen LogP contribution in [-0.4, -0.2) is 90.7 Å². The lowest BCUT2D eigenvalue weighted by atomic mass is 9.96. The maximum Gasteiger partial charge on any atom is 0.153 e. The summed E-state index contributed by atoms with van der Waals surface area (Å²) in [7, 11) is 0. The Labute approximate surface area is 641 Å². The van der Waals surface area contributed by atoms with Gasteiger partial charge < -0.3 is 55.1 Å². The van der Waals surface area contributed by atoms with Crippen LogP contribution in [0.1, 0.15) is 96.8 Å². The van der Waals surface area contributed by atoms with Crippen LogP contribution in [0.2, 0.25) is 0 Å². The number of nitrogens with zero attached hydrogens (tertiary/aromatic N) is 13. The molecular formula is C85H77F3N16O8. The molecule has 9 heterocycles. The van der Waals surface area contributed by atoms with E-state index in [2.05, 4.69) is 48.7 Å². The molecule has 0 spiro atoms. The standard InChI is InChI=1S/C29H27FN6O3.C29H26FN5O3.C27H24FN5O2/c1-18-2-3-19(15-32-18)16-38-24-12-21(30)13-25(14-24)39-23-6-4-22(5-7-23)36-28-27(33-17-34-29(28)31)26(35-36)20-8-10-37-11-9-20;30-21-14-24(37-17-19-4-2-1-3-5-19)16-25(15-21)38-23-8-6-22(7-9-23)35-28-27(32-18-33-29(28)31)26(34-35)20-10-12-36-13-11-20;1-17(2)24-25-26(27(29)31-16-30-25)33(32-24)20-8-10-21(11-9-20)35-23-13-19(28)12-22(14-23)34-15-18-6-4-3-5-7-18/h2-7,12-15,17,20H,8-11,16H2,1H3,(H2,31,33,34);1-9,14-16,18,20H,10-13,17H2,(H2,31,32,33);3-14,16-17H,15H2,1-2H3,(H2,29,30,31). The van der Waals surface area contributed by atoms with Gasteiger partial charge in [-0.15, -0.1) is 0 Å². The summed E-state index contributed by atoms with van der Waals surface area (Å²) < 4.78 is 94.2. The molecule has 0 saturated carbocycles. The molecule has 8 aromatic carbocycles. The highest BCUT2D eigenvalue weighted by Crippen LogP contribution is 2.39. The lowest BCUT2D eigenvalue weighted by molar-refractivity contribution is 0.0845. The number of halogens is 3. The van der Waals surface area contributed by atoms with E-state index in [-0.39, 0.29) is 24.4 Å². The van der Waals surface area contributed by atoms with Crippen molar-refractivity contribution >= 4 is 50.6 Å². The Morgan fingerprint density at radius 3 is 1.10 bits per heavy atom. The van der Waals surface area contributed by atoms with Gasteiger partial charge in [0.25, 0.3) is 0 Å². The summed E-state index contributed by atoms with van der Waals surface area (Å²) in [6.07, 6.45) is 9.65. The minimum Gasteiger partial charge on any atom is -0.489 e. The average molecular weight is 1510 g/mol. The normalized spacial score (nSPS) is 13.1. The largest absolute Gasteiger partial charge is 0.489 e. The van der Waals surface area contributed by atoms with E-state index in [1.165, 1.54) is 55.4 Å². The number of pyridine rings is 1. The quantitative estimate of drug-likeness (QED) is 0.0602. The van der Waals surface area contributed by atoms with E-state index < -0.39 is 17.5 Å². The fourth-order valence-corrected chi connectivity index (χ4v) is 13.1. The van der Waals surface area contributed by atoms with E-state index in [0.29, 0.717) is 125 Å². The molecule has 24 nitrogen and oxygen atoms in total. The molecule has 0 amide bonds. The lowest BCUT2D eigenvalue weighted by Gasteiger charge is -2.20. The maximum absolute atomic E-state index is 14.3. The average Bonchev–Trinajstić information content (AvgIpc) is 1.63. The number of fused-ring (bicyclic) bond motifs is 3. The Morgan fingerprint density at radius 1 is 0.384 bits per heavy atom. The van der Waals surface area contributed by atoms with Crippen molar-refractivity contribution in [2.45, 2.75) is 84.0 Å². The fourth-order valence-electron chi connectivity index (χ4n) is 13.1. The minimum absolute atomic E-state index is 0.168. The van der Waals surface area contributed by atoms with Crippen molar-refractivity contribution in [3.05, 3.63) is 282 Å². The Kier molecular flexibility index (Phi) is 22.4. The number of aryl methyl sites for hydroxylation is 1. The van der Waals surface area contributed by atoms with Crippen LogP contribution in [0, 0.1) is 24.4 Å². The Morgan fingerprint density at radius 2 is 0.732 bits per heavy atom. The predicted molar refractivity (Wildman–Crippen MR) is 417 cm³/mol. The van der Waals surface area contributed by atoms with Gasteiger partial charge in [0, 0.05) is 110 Å². The van der Waals surface area contributed by atoms with Crippen LogP contribution in [0.15, 0.2) is 225 Å². The van der Waals surface area contributed by atoms with Crippen LogP contribution < -0.4 is 45.6 Å². The zero-order chi connectivity index (χ0) is 77.0. The van der Waals surface area contributed by atoms with E-state index in [4.69, 9.17) is 70.4 Å². The van der Waals surface area contributed by atoms with E-state index >= 15 is 0 Å². The van der Waals surface area contributed by atoms with Gasteiger partial charge in [-0.3, -0.25) is 4.98 Å². The number of nitrogen functional groups attached to an aromatic ring is 3. The summed E-state index contributed by atoms with van der Waals surface area (Å²) in [4.78, 5) is 30.1. The molecule has 6 N–H and O–H groups in total. The first kappa shape index (κ1) is 74.0. The second kappa shape index (κ2) is 33.9. The van der Waals surface area contributed by atoms with Crippen molar-refractivity contribution in [3.63, 3.8) is 0 Å². The molecule has 0 aliphatic carbocycles. The van der Waals surface area contributed by atoms with Crippen molar-refractivity contribution in [2.24, 2.45) is 0 Å². The van der Waals surface area contributed by atoms with Crippen molar-refractivity contribution in [2.75, 3.05) is 43.6 Å². The number of ether oxygens (including phenoxy) is 8. The molecule has 0 radical (unpaired) electrons. The number of hydrogen-bond acceptors (Lipinski definition) is 21. The molecule has 2 saturated heterocycles. The van der Waals surface area contributed by atoms with Crippen LogP contribution in [0.25, 0.3) is 50.2 Å². The van der Waals surface area contributed by atoms with Crippen LogP contribution >= 0.6 is 0 Å². The lowest BCUT2D eigenvalue weighted by Crippen LogP contribution is -2.15. The van der Waals surface area contributed by atoms with E-state index in [1.54, 1.807) is 74.8 Å². The Bertz CT molecular complexity index is 5730. The third-order valence-corrected chi connectivity index (χ3v) is 18.7. The van der Waals surface area contributed by atoms with E-state index in [9.17, 15) is 13.2 Å². The van der Waals surface area contributed by atoms with Gasteiger partial charge in [-0.2, -0.15) is 15.3 Å². The molecule has 2 aliphatic heterocycles. The van der Waals surface area contributed by atoms with Crippen molar-refractivity contribution in [1.29, 1.82) is 0 Å². The monoisotopic (exact) mass is 1510 g/mol. The SMILES string of the molecule is CC(C)c1nn(-c2ccc(Oc3cc(F)cc(OCc4ccccc4)c3)cc2)c2c(N)ncnc12.Cc1ccc(COc2cc(F)cc(Oc3ccc(-n4nc(C5CCOCC5)c5ncnc(N)c54)cc3)c2)cn1.Nc1ncnc2c(C3CCOCC3)nn(-c3ccc(Oc4cc(F)cc(OCc5ccccc5)c4)cc3)c12. The number of anilines is 3. The third kappa shape index (κ3) is 17.6. The van der Waals surface area contributed by atoms with E-state index in [1.807, 2.05) is 116 Å². The summed E-state index contributed by atoms with van der Waals surface area (Å²) in [6, 6.07) is 58.1. The smallest absolute Gasteiger partial charge is 0.153 e. The van der Waals surface area contributed by atoms with Crippen molar-refractivity contribution in [3.8, 4) is 68.8 Å². The highest BCUT2D eigenvalue weighted by molar-refractivity contribution is 5.90. The van der Waals surface area contributed by atoms with Crippen LogP contribution in [0.3, 0.4) is 0 Å². The molecule has 17 rings (SSSR count). The second-order valence-electron chi connectivity index (χ2n) is 27.0. The van der Waals surface area contributed by atoms with Gasteiger partial charge in [-0.25, -0.2) is 57.1 Å². The second-order valence-corrected chi connectivity index (χ2v) is 27.0. The molecule has 27 heteroatoms. The topological polar surface area (TPSA) is 296 Å². The van der Waals surface area contributed by atoms with Gasteiger partial charge in [-0.05, 0) is 129 Å². The third-order valence-electron chi connectivity index (χ3n) is 18.7. The molecule has 2 fully saturated rings. The first-order valence-corrected chi connectivity index (χ1v) is 36.4. The van der Waals surface area contributed by atoms with Crippen LogP contribution in [0.5, 0.6) is 51.7 Å². The van der Waals surface area contributed by atoms with Crippen molar-refractivity contribution in [1.82, 2.24) is 64.2 Å². The number of rotatable bonds is 21. The molecular weight excluding hydrogens is 1430 g/mol. The zero-order valence-electron chi connectivity index (χ0n) is 61.3. The van der Waals surface area contributed by atoms with Gasteiger partial charge in [0.15, 0.2) is 17.5 Å². The fraction of sp³-hybridized carbons (Fsp3) is 0.200. The first-order valence-electron chi connectivity index (χ1n) is 36.4. The summed E-state index contributed by atoms with van der Waals surface area (Å²) in [5.41, 5.74) is 31.7. The molecule has 566 valence electrons. The van der Waals surface area contributed by atoms with Crippen LogP contribution in [-0.2, 0) is 29.3 Å². The summed E-state index contributed by atoms with van der Waals surface area (Å²) >= 11 is 0. The number of nitrogens with two attached hydrogens (primary N) is 3. The summed E-state index contributed by atoms with van der Waals surface area (Å²) in [5.74, 6) is 4.15. The molecule has 0 bridgehead atoms. The molecule has 2 aliphatic rings. The van der Waals surface area contributed by atoms with Gasteiger partial charge >= 0.3 is 0 Å². The number of aromatic nitrogens is 13. The zero-order valence-corrected chi connectivity index (χ0v) is 61.3. The number of benzene rings is 8. The Balaban J connectivity index is 0.000000133. The molecule has 15 aromatic rings. The Hall–Kier alpha value is -13.5. The predicted octanol–water partition coefficient (Wildman–Crippen LogP) is 17.3. The number of hydrogen-bond donors (Lipinski definition) is 3. The molecule has 112 heavy (non-hydrogen) atoms. The highest BCUT2D eigenvalue weighted by atomic mass is 19.1. The summed E-state index contributed by atoms with van der Waals surface area (Å²) in [5, 5.41) is 14.5. The summed E-state index contributed by atoms with van der Waals surface area (Å²) in [6.45, 7) is 9.75. The first-order chi connectivity index (χ1) is 54.6. The highest BCUT2D eigenvalue weighted by Gasteiger charge is 2.28. The van der Waals surface area contributed by atoms with Gasteiger partial charge in [-0.1, -0.05) is 80.6 Å². The molecule has 7 aromatic heterocycles. The van der Waals surface area contributed by atoms with E-state index in [0.717, 1.165) is 98.8 Å².